The van der Waals surface area contributed by atoms with Crippen LogP contribution in [0.4, 0.5) is 0 Å². The van der Waals surface area contributed by atoms with E-state index in [0.717, 1.165) is 18.7 Å². The summed E-state index contributed by atoms with van der Waals surface area (Å²) >= 11 is 0. The van der Waals surface area contributed by atoms with Gasteiger partial charge in [0.15, 0.2) is 0 Å². The van der Waals surface area contributed by atoms with Crippen molar-refractivity contribution in [3.63, 3.8) is 0 Å². The first kappa shape index (κ1) is 16.0. The van der Waals surface area contributed by atoms with Crippen LogP contribution < -0.4 is 0 Å². The summed E-state index contributed by atoms with van der Waals surface area (Å²) in [5.41, 5.74) is 0.975. The molecule has 1 saturated heterocycles. The molecule has 1 amide bonds. The molecule has 1 aromatic rings. The van der Waals surface area contributed by atoms with E-state index in [-0.39, 0.29) is 12.3 Å². The van der Waals surface area contributed by atoms with Gasteiger partial charge in [-0.3, -0.25) is 9.59 Å². The van der Waals surface area contributed by atoms with Crippen LogP contribution in [0.1, 0.15) is 37.7 Å². The van der Waals surface area contributed by atoms with Crippen molar-refractivity contribution in [3.8, 4) is 0 Å². The molecular weight excluding hydrogens is 290 g/mol. The van der Waals surface area contributed by atoms with Crippen LogP contribution in [-0.2, 0) is 16.0 Å². The molecule has 2 aliphatic rings. The van der Waals surface area contributed by atoms with E-state index >= 15 is 0 Å². The van der Waals surface area contributed by atoms with Crippen molar-refractivity contribution >= 4 is 11.9 Å². The van der Waals surface area contributed by atoms with Gasteiger partial charge in [0.25, 0.3) is 0 Å². The van der Waals surface area contributed by atoms with Gasteiger partial charge in [0.1, 0.15) is 0 Å². The van der Waals surface area contributed by atoms with Crippen molar-refractivity contribution in [2.45, 2.75) is 38.5 Å². The zero-order chi connectivity index (χ0) is 16.2. The number of aliphatic carboxylic acids is 1. The number of carbonyl (C=O) groups excluding carboxylic acids is 1. The molecule has 2 fully saturated rings. The van der Waals surface area contributed by atoms with Gasteiger partial charge in [-0.15, -0.1) is 0 Å². The van der Waals surface area contributed by atoms with Crippen molar-refractivity contribution in [1.82, 2.24) is 4.90 Å². The molecule has 3 atom stereocenters. The maximum atomic E-state index is 12.6. The van der Waals surface area contributed by atoms with Crippen LogP contribution in [-0.4, -0.2) is 35.0 Å². The first-order chi connectivity index (χ1) is 11.1. The molecule has 1 unspecified atom stereocenters. The summed E-state index contributed by atoms with van der Waals surface area (Å²) in [6, 6.07) is 9.56. The fourth-order valence-electron chi connectivity index (χ4n) is 4.09. The Bertz CT molecular complexity index is 543. The van der Waals surface area contributed by atoms with Crippen LogP contribution in [0.3, 0.4) is 0 Å². The minimum absolute atomic E-state index is 0.0164. The SMILES string of the molecule is O=C(O)C(CC(=O)N1C[C@H]2CCCC[C@H]2C1)Cc1ccccc1. The highest BCUT2D eigenvalue weighted by molar-refractivity contribution is 5.82. The second-order valence-electron chi connectivity index (χ2n) is 7.03. The maximum absolute atomic E-state index is 12.6. The van der Waals surface area contributed by atoms with Gasteiger partial charge in [-0.05, 0) is 36.7 Å². The van der Waals surface area contributed by atoms with Crippen LogP contribution in [0.15, 0.2) is 30.3 Å². The van der Waals surface area contributed by atoms with Crippen molar-refractivity contribution in [2.75, 3.05) is 13.1 Å². The number of carboxylic acid groups (broad SMARTS) is 1. The topological polar surface area (TPSA) is 57.6 Å². The molecule has 0 aromatic heterocycles. The summed E-state index contributed by atoms with van der Waals surface area (Å²) in [5.74, 6) is -0.204. The van der Waals surface area contributed by atoms with Gasteiger partial charge < -0.3 is 10.0 Å². The van der Waals surface area contributed by atoms with Crippen molar-refractivity contribution < 1.29 is 14.7 Å². The van der Waals surface area contributed by atoms with E-state index in [2.05, 4.69) is 0 Å². The Labute approximate surface area is 137 Å². The quantitative estimate of drug-likeness (QED) is 0.909. The van der Waals surface area contributed by atoms with Gasteiger partial charge in [0.2, 0.25) is 5.91 Å². The third-order valence-corrected chi connectivity index (χ3v) is 5.42. The lowest BCUT2D eigenvalue weighted by Gasteiger charge is -2.22. The lowest BCUT2D eigenvalue weighted by molar-refractivity contribution is -0.145. The normalized spacial score (nSPS) is 25.0. The highest BCUT2D eigenvalue weighted by Gasteiger charge is 2.37. The van der Waals surface area contributed by atoms with Crippen molar-refractivity contribution in [1.29, 1.82) is 0 Å². The number of benzene rings is 1. The Balaban J connectivity index is 1.59. The van der Waals surface area contributed by atoms with E-state index in [1.807, 2.05) is 35.2 Å². The number of hydrogen-bond donors (Lipinski definition) is 1. The molecule has 124 valence electrons. The Morgan fingerprint density at radius 2 is 1.70 bits per heavy atom. The molecule has 0 radical (unpaired) electrons. The molecule has 1 aliphatic carbocycles. The smallest absolute Gasteiger partial charge is 0.307 e. The molecular formula is C19H25NO3. The number of carbonyl (C=O) groups is 2. The molecule has 23 heavy (non-hydrogen) atoms. The minimum Gasteiger partial charge on any atom is -0.481 e. The molecule has 4 nitrogen and oxygen atoms in total. The summed E-state index contributed by atoms with van der Waals surface area (Å²) in [6.45, 7) is 1.67. The molecule has 4 heteroatoms. The Morgan fingerprint density at radius 1 is 1.09 bits per heavy atom. The summed E-state index contributed by atoms with van der Waals surface area (Å²) in [6.07, 6.45) is 5.53. The zero-order valence-electron chi connectivity index (χ0n) is 13.5. The molecule has 1 aliphatic heterocycles. The van der Waals surface area contributed by atoms with Gasteiger partial charge in [0, 0.05) is 19.5 Å². The Hall–Kier alpha value is -1.84. The molecule has 0 bridgehead atoms. The fourth-order valence-corrected chi connectivity index (χ4v) is 4.09. The van der Waals surface area contributed by atoms with Gasteiger partial charge in [-0.25, -0.2) is 0 Å². The van der Waals surface area contributed by atoms with Crippen LogP contribution in [0.5, 0.6) is 0 Å². The van der Waals surface area contributed by atoms with E-state index in [4.69, 9.17) is 0 Å². The Kier molecular flexibility index (Phi) is 4.99. The standard InChI is InChI=1S/C19H25NO3/c21-18(20-12-15-8-4-5-9-16(15)13-20)11-17(19(22)23)10-14-6-2-1-3-7-14/h1-3,6-7,15-17H,4-5,8-13H2,(H,22,23)/t15-,16+,17?. The summed E-state index contributed by atoms with van der Waals surface area (Å²) in [4.78, 5) is 26.0. The molecule has 1 N–H and O–H groups in total. The number of rotatable bonds is 5. The first-order valence-corrected chi connectivity index (χ1v) is 8.68. The van der Waals surface area contributed by atoms with Crippen molar-refractivity contribution in [3.05, 3.63) is 35.9 Å². The third-order valence-electron chi connectivity index (χ3n) is 5.42. The van der Waals surface area contributed by atoms with Crippen LogP contribution in [0.25, 0.3) is 0 Å². The predicted octanol–water partition coefficient (Wildman–Crippen LogP) is 2.97. The number of hydrogen-bond acceptors (Lipinski definition) is 2. The number of fused-ring (bicyclic) bond motifs is 1. The van der Waals surface area contributed by atoms with Crippen LogP contribution in [0.2, 0.25) is 0 Å². The second-order valence-corrected chi connectivity index (χ2v) is 7.03. The minimum atomic E-state index is -0.876. The number of amides is 1. The third kappa shape index (κ3) is 3.92. The zero-order valence-corrected chi connectivity index (χ0v) is 13.5. The molecule has 1 aromatic carbocycles. The highest BCUT2D eigenvalue weighted by Crippen LogP contribution is 2.36. The van der Waals surface area contributed by atoms with Crippen LogP contribution in [0, 0.1) is 17.8 Å². The van der Waals surface area contributed by atoms with E-state index in [0.29, 0.717) is 18.3 Å². The maximum Gasteiger partial charge on any atom is 0.307 e. The van der Waals surface area contributed by atoms with Gasteiger partial charge in [0.05, 0.1) is 5.92 Å². The summed E-state index contributed by atoms with van der Waals surface area (Å²) < 4.78 is 0. The Morgan fingerprint density at radius 3 is 2.26 bits per heavy atom. The number of carboxylic acids is 1. The van der Waals surface area contributed by atoms with E-state index < -0.39 is 11.9 Å². The highest BCUT2D eigenvalue weighted by atomic mass is 16.4. The number of nitrogens with zero attached hydrogens (tertiary/aromatic N) is 1. The largest absolute Gasteiger partial charge is 0.481 e. The average Bonchev–Trinajstić information content (AvgIpc) is 2.99. The lowest BCUT2D eigenvalue weighted by Crippen LogP contribution is -2.33. The lowest BCUT2D eigenvalue weighted by atomic mass is 9.82. The predicted molar refractivity (Wildman–Crippen MR) is 87.9 cm³/mol. The van der Waals surface area contributed by atoms with Gasteiger partial charge in [-0.1, -0.05) is 43.2 Å². The van der Waals surface area contributed by atoms with Crippen molar-refractivity contribution in [2.24, 2.45) is 17.8 Å². The number of likely N-dealkylation sites (tertiary alicyclic amines) is 1. The van der Waals surface area contributed by atoms with E-state index in [9.17, 15) is 14.7 Å². The summed E-state index contributed by atoms with van der Waals surface area (Å²) in [7, 11) is 0. The first-order valence-electron chi connectivity index (χ1n) is 8.68. The molecule has 1 heterocycles. The van der Waals surface area contributed by atoms with Gasteiger partial charge >= 0.3 is 5.97 Å². The summed E-state index contributed by atoms with van der Waals surface area (Å²) in [5, 5.41) is 9.46. The molecule has 1 saturated carbocycles. The van der Waals surface area contributed by atoms with E-state index in [1.165, 1.54) is 25.7 Å². The molecule has 0 spiro atoms. The van der Waals surface area contributed by atoms with E-state index in [1.54, 1.807) is 0 Å². The average molecular weight is 315 g/mol. The second kappa shape index (κ2) is 7.16. The fraction of sp³-hybridized carbons (Fsp3) is 0.579. The molecule has 3 rings (SSSR count). The monoisotopic (exact) mass is 315 g/mol. The van der Waals surface area contributed by atoms with Gasteiger partial charge in [-0.2, -0.15) is 0 Å². The van der Waals surface area contributed by atoms with Crippen LogP contribution >= 0.6 is 0 Å².